The molecule has 4 N–H and O–H groups in total. The number of esters is 1. The number of aliphatic hydroxyl groups is 1. The van der Waals surface area contributed by atoms with Crippen LogP contribution in [0.1, 0.15) is 27.0 Å². The summed E-state index contributed by atoms with van der Waals surface area (Å²) >= 11 is 1.37. The summed E-state index contributed by atoms with van der Waals surface area (Å²) in [6.07, 6.45) is 1.61. The molecule has 3 aromatic rings. The molecule has 14 nitrogen and oxygen atoms in total. The molecule has 2 aromatic heterocycles. The number of imidazole rings is 1. The fourth-order valence-corrected chi connectivity index (χ4v) is 6.84. The van der Waals surface area contributed by atoms with Gasteiger partial charge in [0.1, 0.15) is 23.5 Å². The van der Waals surface area contributed by atoms with Gasteiger partial charge in [0.2, 0.25) is 11.8 Å². The Labute approximate surface area is 235 Å². The van der Waals surface area contributed by atoms with Gasteiger partial charge in [0.25, 0.3) is 0 Å². The minimum Gasteiger partial charge on any atom is -0.476 e. The van der Waals surface area contributed by atoms with Gasteiger partial charge in [0.15, 0.2) is 17.4 Å². The van der Waals surface area contributed by atoms with E-state index in [2.05, 4.69) is 20.0 Å². The predicted octanol–water partition coefficient (Wildman–Crippen LogP) is 2.54. The number of nitrogens with one attached hydrogen (secondary N) is 1. The topological polar surface area (TPSA) is 182 Å². The lowest BCUT2D eigenvalue weighted by Gasteiger charge is -2.30. The van der Waals surface area contributed by atoms with Crippen LogP contribution in [0.25, 0.3) is 11.2 Å². The molecule has 0 amide bonds. The van der Waals surface area contributed by atoms with E-state index in [1.807, 2.05) is 13.2 Å². The highest BCUT2D eigenvalue weighted by molar-refractivity contribution is 7.99. The van der Waals surface area contributed by atoms with Crippen molar-refractivity contribution < 1.29 is 37.7 Å². The van der Waals surface area contributed by atoms with Gasteiger partial charge >= 0.3 is 13.7 Å². The quantitative estimate of drug-likeness (QED) is 0.205. The van der Waals surface area contributed by atoms with E-state index in [9.17, 15) is 14.5 Å². The van der Waals surface area contributed by atoms with Gasteiger partial charge in [-0.25, -0.2) is 9.55 Å². The van der Waals surface area contributed by atoms with Crippen LogP contribution in [0.15, 0.2) is 36.7 Å². The summed E-state index contributed by atoms with van der Waals surface area (Å²) in [6.45, 7) is 4.89. The van der Waals surface area contributed by atoms with Crippen LogP contribution in [0, 0.1) is 0 Å². The van der Waals surface area contributed by atoms with E-state index in [0.717, 1.165) is 0 Å². The number of ether oxygens (including phenoxy) is 3. The largest absolute Gasteiger partial charge is 0.476 e. The smallest absolute Gasteiger partial charge is 0.459 e. The molecule has 0 saturated carbocycles. The van der Waals surface area contributed by atoms with Crippen LogP contribution in [-0.4, -0.2) is 80.2 Å². The molecular weight excluding hydrogens is 563 g/mol. The third kappa shape index (κ3) is 6.19. The summed E-state index contributed by atoms with van der Waals surface area (Å²) in [4.78, 5) is 24.9. The summed E-state index contributed by atoms with van der Waals surface area (Å²) in [7, 11) is -2.95. The average molecular weight is 597 g/mol. The Hall–Kier alpha value is -2.94. The lowest BCUT2D eigenvalue weighted by atomic mass is 9.97. The third-order valence-corrected chi connectivity index (χ3v) is 9.14. The maximum atomic E-state index is 13.8. The molecule has 0 aliphatic carbocycles. The summed E-state index contributed by atoms with van der Waals surface area (Å²) in [5.74, 6) is -0.180. The average Bonchev–Trinajstić information content (AvgIpc) is 3.44. The number of hydrogen-bond acceptors (Lipinski definition) is 13. The van der Waals surface area contributed by atoms with Gasteiger partial charge in [-0.15, -0.1) is 0 Å². The number of carbonyl (C=O) groups excluding carboxylic acids is 1. The molecule has 1 fully saturated rings. The number of methoxy groups -OCH3 is 1. The Bertz CT molecular complexity index is 1380. The third-order valence-electron chi connectivity index (χ3n) is 6.28. The van der Waals surface area contributed by atoms with E-state index in [-0.39, 0.29) is 24.2 Å². The first kappa shape index (κ1) is 30.0. The molecule has 1 aromatic carbocycles. The molecule has 1 aliphatic rings. The first-order valence-corrected chi connectivity index (χ1v) is 15.2. The van der Waals surface area contributed by atoms with E-state index in [1.165, 1.54) is 32.1 Å². The van der Waals surface area contributed by atoms with Crippen LogP contribution >= 0.6 is 19.5 Å². The molecule has 1 aliphatic heterocycles. The maximum Gasteiger partial charge on any atom is 0.459 e. The molecule has 16 heteroatoms. The highest BCUT2D eigenvalue weighted by Crippen LogP contribution is 2.49. The number of rotatable bonds is 12. The van der Waals surface area contributed by atoms with E-state index < -0.39 is 42.9 Å². The first-order chi connectivity index (χ1) is 19.0. The van der Waals surface area contributed by atoms with Gasteiger partial charge in [-0.2, -0.15) is 26.8 Å². The first-order valence-electron chi connectivity index (χ1n) is 12.4. The second kappa shape index (κ2) is 12.3. The predicted molar refractivity (Wildman–Crippen MR) is 148 cm³/mol. The van der Waals surface area contributed by atoms with Crippen molar-refractivity contribution in [3.63, 3.8) is 0 Å². The van der Waals surface area contributed by atoms with E-state index in [0.29, 0.717) is 17.8 Å². The number of carbonyl (C=O) groups is 1. The lowest BCUT2D eigenvalue weighted by molar-refractivity contribution is -0.142. The second-order valence-corrected chi connectivity index (χ2v) is 11.8. The Kier molecular flexibility index (Phi) is 9.22. The number of benzene rings is 1. The fourth-order valence-electron chi connectivity index (χ4n) is 4.30. The molecule has 1 saturated heterocycles. The van der Waals surface area contributed by atoms with Crippen LogP contribution in [0.3, 0.4) is 0 Å². The van der Waals surface area contributed by atoms with Crippen LogP contribution in [-0.2, 0) is 23.4 Å². The normalized spacial score (nSPS) is 24.9. The zero-order chi connectivity index (χ0) is 29.1. The SMILES string of the molecule is CCOc1nc(N)nc2c1ncn2C1OC(COP(=O)(NC(C)C(=O)OC)Oc2ccccc2)C(C)(O)C1SC. The number of fused-ring (bicyclic) bond motifs is 1. The van der Waals surface area contributed by atoms with Gasteiger partial charge < -0.3 is 29.6 Å². The number of nitrogens with zero attached hydrogens (tertiary/aromatic N) is 4. The van der Waals surface area contributed by atoms with Crippen molar-refractivity contribution in [1.82, 2.24) is 24.6 Å². The monoisotopic (exact) mass is 596 g/mol. The van der Waals surface area contributed by atoms with Crippen LogP contribution in [0.5, 0.6) is 11.6 Å². The molecule has 6 atom stereocenters. The molecular formula is C24H33N6O8PS. The number of aromatic nitrogens is 4. The Morgan fingerprint density at radius 3 is 2.73 bits per heavy atom. The summed E-state index contributed by atoms with van der Waals surface area (Å²) in [5, 5.41) is 13.6. The highest BCUT2D eigenvalue weighted by atomic mass is 32.2. The fraction of sp³-hybridized carbons (Fsp3) is 0.500. The van der Waals surface area contributed by atoms with Crippen LogP contribution in [0.4, 0.5) is 5.95 Å². The van der Waals surface area contributed by atoms with Crippen molar-refractivity contribution >= 4 is 42.6 Å². The Morgan fingerprint density at radius 2 is 2.08 bits per heavy atom. The van der Waals surface area contributed by atoms with Crippen molar-refractivity contribution in [2.45, 2.75) is 50.0 Å². The van der Waals surface area contributed by atoms with E-state index in [4.69, 9.17) is 29.0 Å². The second-order valence-electron chi connectivity index (χ2n) is 9.11. The molecule has 6 unspecified atom stereocenters. The Morgan fingerprint density at radius 1 is 1.35 bits per heavy atom. The van der Waals surface area contributed by atoms with Crippen molar-refractivity contribution in [2.75, 3.05) is 32.3 Å². The van der Waals surface area contributed by atoms with Gasteiger partial charge in [0, 0.05) is 0 Å². The number of nitrogen functional groups attached to an aromatic ring is 1. The standard InChI is InChI=1S/C24H33N6O8PS/c1-6-35-20-17-19(27-23(25)28-20)30(13-26-17)21-18(40-5)24(3,32)16(37-21)12-36-39(33,29-14(2)22(31)34-4)38-15-10-8-7-9-11-15/h7-11,13-14,16,18,21,32H,6,12H2,1-5H3,(H,29,33)(H2,25,27,28). The minimum absolute atomic E-state index is 0.00663. The number of para-hydroxylation sites is 1. The van der Waals surface area contributed by atoms with Crippen LogP contribution < -0.4 is 20.1 Å². The number of hydrogen-bond donors (Lipinski definition) is 3. The molecule has 4 rings (SSSR count). The van der Waals surface area contributed by atoms with Crippen molar-refractivity contribution in [3.8, 4) is 11.6 Å². The summed E-state index contributed by atoms with van der Waals surface area (Å²) in [6, 6.07) is 7.34. The van der Waals surface area contributed by atoms with Crippen molar-refractivity contribution in [1.29, 1.82) is 0 Å². The lowest BCUT2D eigenvalue weighted by Crippen LogP contribution is -2.45. The zero-order valence-electron chi connectivity index (χ0n) is 22.7. The number of thioether (sulfide) groups is 1. The zero-order valence-corrected chi connectivity index (χ0v) is 24.4. The van der Waals surface area contributed by atoms with E-state index in [1.54, 1.807) is 41.8 Å². The molecule has 0 spiro atoms. The number of anilines is 1. The molecule has 40 heavy (non-hydrogen) atoms. The molecule has 218 valence electrons. The minimum atomic E-state index is -4.16. The molecule has 0 bridgehead atoms. The molecule has 3 heterocycles. The highest BCUT2D eigenvalue weighted by Gasteiger charge is 2.54. The van der Waals surface area contributed by atoms with E-state index >= 15 is 0 Å². The van der Waals surface area contributed by atoms with Crippen molar-refractivity contribution in [2.24, 2.45) is 0 Å². The Balaban J connectivity index is 1.61. The van der Waals surface area contributed by atoms with Crippen molar-refractivity contribution in [3.05, 3.63) is 36.7 Å². The summed E-state index contributed by atoms with van der Waals surface area (Å²) < 4.78 is 43.4. The van der Waals surface area contributed by atoms with Gasteiger partial charge in [-0.05, 0) is 39.2 Å². The summed E-state index contributed by atoms with van der Waals surface area (Å²) in [5.41, 5.74) is 5.21. The van der Waals surface area contributed by atoms with Gasteiger partial charge in [-0.3, -0.25) is 13.9 Å². The number of nitrogens with two attached hydrogens (primary N) is 1. The maximum absolute atomic E-state index is 13.8. The van der Waals surface area contributed by atoms with Crippen LogP contribution in [0.2, 0.25) is 0 Å². The van der Waals surface area contributed by atoms with Gasteiger partial charge in [0.05, 0.1) is 31.9 Å². The van der Waals surface area contributed by atoms with Gasteiger partial charge in [-0.1, -0.05) is 18.2 Å². The molecule has 0 radical (unpaired) electrons.